The zero-order chi connectivity index (χ0) is 47.8. The van der Waals surface area contributed by atoms with E-state index in [1.165, 1.54) is 65.7 Å². The zero-order valence-electron chi connectivity index (χ0n) is 39.3. The zero-order valence-corrected chi connectivity index (χ0v) is 39.3. The van der Waals surface area contributed by atoms with Gasteiger partial charge in [-0.25, -0.2) is 15.0 Å². The number of fused-ring (bicyclic) bond motifs is 3. The van der Waals surface area contributed by atoms with E-state index >= 15 is 0 Å². The molecule has 0 N–H and O–H groups in total. The van der Waals surface area contributed by atoms with E-state index in [0.29, 0.717) is 17.5 Å². The Balaban J connectivity index is 0.870. The summed E-state index contributed by atoms with van der Waals surface area (Å²) in [5.74, 6) is 1.83. The molecule has 0 aliphatic rings. The Kier molecular flexibility index (Phi) is 10.9. The largest absolute Gasteiger partial charge is 0.208 e. The Hall–Kier alpha value is -9.57. The molecule has 13 rings (SSSR count). The molecule has 0 aliphatic carbocycles. The van der Waals surface area contributed by atoms with Crippen LogP contribution in [-0.2, 0) is 0 Å². The lowest BCUT2D eigenvalue weighted by atomic mass is 9.95. The monoisotopic (exact) mass is 915 g/mol. The van der Waals surface area contributed by atoms with E-state index in [2.05, 4.69) is 273 Å². The van der Waals surface area contributed by atoms with Crippen LogP contribution in [0, 0.1) is 0 Å². The third-order valence-corrected chi connectivity index (χ3v) is 14.0. The Morgan fingerprint density at radius 3 is 0.708 bits per heavy atom. The van der Waals surface area contributed by atoms with Crippen LogP contribution >= 0.6 is 0 Å². The molecule has 1 aromatic heterocycles. The summed E-state index contributed by atoms with van der Waals surface area (Å²) >= 11 is 0. The highest BCUT2D eigenvalue weighted by Crippen LogP contribution is 2.36. The molecule has 0 spiro atoms. The summed E-state index contributed by atoms with van der Waals surface area (Å²) in [5, 5.41) is 7.45. The second-order valence-corrected chi connectivity index (χ2v) is 18.4. The predicted octanol–water partition coefficient (Wildman–Crippen LogP) is 18.3. The maximum absolute atomic E-state index is 5.25. The van der Waals surface area contributed by atoms with Crippen molar-refractivity contribution < 1.29 is 0 Å². The summed E-state index contributed by atoms with van der Waals surface area (Å²) in [4.78, 5) is 15.8. The third kappa shape index (κ3) is 8.19. The van der Waals surface area contributed by atoms with Crippen molar-refractivity contribution in [3.8, 4) is 101 Å². The molecule has 0 saturated heterocycles. The van der Waals surface area contributed by atoms with Crippen LogP contribution in [0.1, 0.15) is 0 Å². The van der Waals surface area contributed by atoms with Crippen molar-refractivity contribution in [3.05, 3.63) is 273 Å². The normalized spacial score (nSPS) is 11.3. The van der Waals surface area contributed by atoms with Crippen molar-refractivity contribution >= 4 is 32.3 Å². The lowest BCUT2D eigenvalue weighted by molar-refractivity contribution is 1.07. The van der Waals surface area contributed by atoms with Gasteiger partial charge in [0.1, 0.15) is 0 Å². The molecule has 0 aliphatic heterocycles. The van der Waals surface area contributed by atoms with Gasteiger partial charge in [-0.2, -0.15) is 0 Å². The second kappa shape index (κ2) is 18.4. The van der Waals surface area contributed by atoms with Crippen molar-refractivity contribution in [2.75, 3.05) is 0 Å². The smallest absolute Gasteiger partial charge is 0.164 e. The van der Waals surface area contributed by atoms with Gasteiger partial charge >= 0.3 is 0 Å². The molecule has 0 bridgehead atoms. The lowest BCUT2D eigenvalue weighted by Gasteiger charge is -2.12. The summed E-state index contributed by atoms with van der Waals surface area (Å²) in [6.07, 6.45) is 0. The molecule has 3 nitrogen and oxygen atoms in total. The molecule has 72 heavy (non-hydrogen) atoms. The van der Waals surface area contributed by atoms with Crippen molar-refractivity contribution in [2.45, 2.75) is 0 Å². The Labute approximate surface area is 419 Å². The average Bonchev–Trinajstić information content (AvgIpc) is 3.47. The minimum absolute atomic E-state index is 0.610. The van der Waals surface area contributed by atoms with Crippen molar-refractivity contribution in [2.24, 2.45) is 0 Å². The second-order valence-electron chi connectivity index (χ2n) is 18.4. The number of nitrogens with zero attached hydrogens (tertiary/aromatic N) is 3. The maximum Gasteiger partial charge on any atom is 0.164 e. The summed E-state index contributed by atoms with van der Waals surface area (Å²) in [5.41, 5.74) is 16.6. The van der Waals surface area contributed by atoms with Crippen LogP contribution in [0.25, 0.3) is 133 Å². The molecule has 12 aromatic carbocycles. The van der Waals surface area contributed by atoms with Crippen LogP contribution in [0.5, 0.6) is 0 Å². The topological polar surface area (TPSA) is 38.7 Å². The summed E-state index contributed by atoms with van der Waals surface area (Å²) < 4.78 is 0. The Morgan fingerprint density at radius 2 is 0.403 bits per heavy atom. The molecule has 0 atom stereocenters. The van der Waals surface area contributed by atoms with Crippen LogP contribution in [0.3, 0.4) is 0 Å². The van der Waals surface area contributed by atoms with Crippen molar-refractivity contribution in [3.63, 3.8) is 0 Å². The minimum atomic E-state index is 0.610. The number of hydrogen-bond donors (Lipinski definition) is 0. The molecule has 13 aromatic rings. The molecule has 336 valence electrons. The van der Waals surface area contributed by atoms with Gasteiger partial charge in [-0.3, -0.25) is 0 Å². The van der Waals surface area contributed by atoms with Crippen molar-refractivity contribution in [1.29, 1.82) is 0 Å². The van der Waals surface area contributed by atoms with Gasteiger partial charge in [-0.1, -0.05) is 255 Å². The Morgan fingerprint density at radius 1 is 0.167 bits per heavy atom. The van der Waals surface area contributed by atoms with E-state index in [4.69, 9.17) is 15.0 Å². The first kappa shape index (κ1) is 42.5. The van der Waals surface area contributed by atoms with Gasteiger partial charge in [-0.05, 0) is 117 Å². The van der Waals surface area contributed by atoms with E-state index in [-0.39, 0.29) is 0 Å². The van der Waals surface area contributed by atoms with Gasteiger partial charge in [0.2, 0.25) is 0 Å². The highest BCUT2D eigenvalue weighted by Gasteiger charge is 2.16. The van der Waals surface area contributed by atoms with Gasteiger partial charge in [-0.15, -0.1) is 0 Å². The van der Waals surface area contributed by atoms with E-state index < -0.39 is 0 Å². The first-order valence-electron chi connectivity index (χ1n) is 24.5. The molecular weight excluding hydrogens is 871 g/mol. The lowest BCUT2D eigenvalue weighted by Crippen LogP contribution is -2.00. The number of rotatable bonds is 9. The number of benzene rings is 12. The first-order valence-corrected chi connectivity index (χ1v) is 24.5. The number of aromatic nitrogens is 3. The van der Waals surface area contributed by atoms with Crippen molar-refractivity contribution in [1.82, 2.24) is 15.0 Å². The Bertz CT molecular complexity index is 3680. The highest BCUT2D eigenvalue weighted by atomic mass is 15.0. The fourth-order valence-corrected chi connectivity index (χ4v) is 10.2. The average molecular weight is 916 g/mol. The first-order chi connectivity index (χ1) is 35.6. The molecule has 0 radical (unpaired) electrons. The number of hydrogen-bond acceptors (Lipinski definition) is 3. The quantitative estimate of drug-likeness (QED) is 0.145. The van der Waals surface area contributed by atoms with Gasteiger partial charge in [0.15, 0.2) is 17.5 Å². The van der Waals surface area contributed by atoms with Crippen LogP contribution in [-0.4, -0.2) is 15.0 Å². The SMILES string of the molecule is c1cc(-c2ccc(-c3cccc4ccccc34)cc2)cc(-c2nc(-c3cccc(-c4ccc(-c5cccc6ccccc56)cc4)c3)nc(-c3cccc(-c4ccc(-c5cccc6ccccc56)cc4)c3)n2)c1. The van der Waals surface area contributed by atoms with E-state index in [9.17, 15) is 0 Å². The van der Waals surface area contributed by atoms with Crippen LogP contribution < -0.4 is 0 Å². The summed E-state index contributed by atoms with van der Waals surface area (Å²) in [7, 11) is 0. The predicted molar refractivity (Wildman–Crippen MR) is 301 cm³/mol. The molecule has 0 unspecified atom stereocenters. The summed E-state index contributed by atoms with van der Waals surface area (Å²) in [6, 6.07) is 97.4. The van der Waals surface area contributed by atoms with Crippen LogP contribution in [0.2, 0.25) is 0 Å². The molecule has 0 saturated carbocycles. The summed E-state index contributed by atoms with van der Waals surface area (Å²) in [6.45, 7) is 0. The minimum Gasteiger partial charge on any atom is -0.208 e. The van der Waals surface area contributed by atoms with Crippen LogP contribution in [0.4, 0.5) is 0 Å². The maximum atomic E-state index is 5.25. The van der Waals surface area contributed by atoms with Crippen LogP contribution in [0.15, 0.2) is 273 Å². The molecule has 3 heteroatoms. The van der Waals surface area contributed by atoms with Gasteiger partial charge in [0.05, 0.1) is 0 Å². The van der Waals surface area contributed by atoms with Gasteiger partial charge in [0.25, 0.3) is 0 Å². The third-order valence-electron chi connectivity index (χ3n) is 14.0. The van der Waals surface area contributed by atoms with E-state index in [1.54, 1.807) is 0 Å². The fourth-order valence-electron chi connectivity index (χ4n) is 10.2. The van der Waals surface area contributed by atoms with E-state index in [1.807, 2.05) is 0 Å². The van der Waals surface area contributed by atoms with E-state index in [0.717, 1.165) is 50.1 Å². The molecule has 1 heterocycles. The standard InChI is InChI=1S/C69H45N3/c1-4-25-61-49(13-1)16-10-28-64(61)52-37-31-46(32-38-52)55-19-7-22-58(43-55)67-70-68(59-23-8-20-56(44-59)47-33-39-53(40-34-47)65-29-11-17-50-14-2-5-26-62(50)65)72-69(71-67)60-24-9-21-57(45-60)48-35-41-54(42-36-48)66-30-12-18-51-15-3-6-27-63(51)66/h1-45H. The van der Waals surface area contributed by atoms with Gasteiger partial charge in [0, 0.05) is 16.7 Å². The molecule has 0 fully saturated rings. The fraction of sp³-hybridized carbons (Fsp3) is 0. The van der Waals surface area contributed by atoms with Gasteiger partial charge < -0.3 is 0 Å². The highest BCUT2D eigenvalue weighted by molar-refractivity contribution is 5.99. The molecule has 0 amide bonds. The molecular formula is C69H45N3.